The van der Waals surface area contributed by atoms with E-state index in [0.29, 0.717) is 0 Å². The van der Waals surface area contributed by atoms with Crippen molar-refractivity contribution in [2.75, 3.05) is 0 Å². The molecule has 0 saturated heterocycles. The van der Waals surface area contributed by atoms with Crippen LogP contribution in [0.1, 0.15) is 0 Å². The minimum atomic E-state index is 0.871. The molecule has 3 nitrogen and oxygen atoms in total. The fraction of sp³-hybridized carbons (Fsp3) is 0. The third-order valence-corrected chi connectivity index (χ3v) is 5.10. The van der Waals surface area contributed by atoms with Crippen LogP contribution in [-0.4, -0.2) is 0 Å². The van der Waals surface area contributed by atoms with Crippen LogP contribution < -0.4 is 0 Å². The van der Waals surface area contributed by atoms with Crippen LogP contribution in [0.4, 0.5) is 0 Å². The van der Waals surface area contributed by atoms with E-state index in [1.54, 1.807) is 25.1 Å². The van der Waals surface area contributed by atoms with E-state index >= 15 is 0 Å². The summed E-state index contributed by atoms with van der Waals surface area (Å²) in [6, 6.07) is 20.8. The molecule has 0 unspecified atom stereocenters. The summed E-state index contributed by atoms with van der Waals surface area (Å²) in [7, 11) is 0. The van der Waals surface area contributed by atoms with E-state index in [2.05, 4.69) is 48.5 Å². The number of rotatable bonds is 2. The SMILES string of the molecule is c1ccc2c(-c3ccc4cocc4c3)oc(-c3ccc4cocc4c3)c2c1. The van der Waals surface area contributed by atoms with Crippen LogP contribution in [0.25, 0.3) is 55.0 Å². The molecule has 0 bridgehead atoms. The zero-order valence-electron chi connectivity index (χ0n) is 14.3. The predicted octanol–water partition coefficient (Wildman–Crippen LogP) is 7.26. The Morgan fingerprint density at radius 1 is 0.481 bits per heavy atom. The van der Waals surface area contributed by atoms with Crippen LogP contribution in [0, 0.1) is 0 Å². The number of fused-ring (bicyclic) bond motifs is 3. The van der Waals surface area contributed by atoms with Gasteiger partial charge in [0.05, 0.1) is 25.1 Å². The number of furan rings is 3. The maximum atomic E-state index is 6.43. The molecule has 0 aliphatic rings. The molecule has 0 aliphatic carbocycles. The smallest absolute Gasteiger partial charge is 0.142 e. The van der Waals surface area contributed by atoms with E-state index < -0.39 is 0 Å². The average Bonchev–Trinajstić information content (AvgIpc) is 3.44. The van der Waals surface area contributed by atoms with Crippen LogP contribution >= 0.6 is 0 Å². The number of benzene rings is 3. The summed E-state index contributed by atoms with van der Waals surface area (Å²) in [4.78, 5) is 0. The highest BCUT2D eigenvalue weighted by Gasteiger charge is 2.17. The number of hydrogen-bond acceptors (Lipinski definition) is 3. The molecule has 0 radical (unpaired) electrons. The minimum Gasteiger partial charge on any atom is -0.471 e. The van der Waals surface area contributed by atoms with Crippen molar-refractivity contribution in [2.24, 2.45) is 0 Å². The first-order chi connectivity index (χ1) is 13.4. The molecule has 0 saturated carbocycles. The van der Waals surface area contributed by atoms with E-state index in [1.165, 1.54) is 0 Å². The molecular weight excluding hydrogens is 336 g/mol. The molecule has 128 valence electrons. The van der Waals surface area contributed by atoms with Gasteiger partial charge in [0.2, 0.25) is 0 Å². The first kappa shape index (κ1) is 14.4. The van der Waals surface area contributed by atoms with E-state index in [0.717, 1.165) is 55.0 Å². The van der Waals surface area contributed by atoms with Gasteiger partial charge in [0.1, 0.15) is 11.5 Å². The Kier molecular flexibility index (Phi) is 2.88. The molecule has 0 atom stereocenters. The van der Waals surface area contributed by atoms with Gasteiger partial charge in [-0.25, -0.2) is 0 Å². The molecule has 0 fully saturated rings. The topological polar surface area (TPSA) is 39.4 Å². The Morgan fingerprint density at radius 2 is 0.963 bits per heavy atom. The van der Waals surface area contributed by atoms with Crippen LogP contribution in [0.5, 0.6) is 0 Å². The van der Waals surface area contributed by atoms with E-state index in [4.69, 9.17) is 13.3 Å². The first-order valence-corrected chi connectivity index (χ1v) is 8.81. The molecule has 6 aromatic rings. The number of hydrogen-bond donors (Lipinski definition) is 0. The minimum absolute atomic E-state index is 0.871. The van der Waals surface area contributed by atoms with Crippen LogP contribution in [-0.2, 0) is 0 Å². The highest BCUT2D eigenvalue weighted by molar-refractivity contribution is 6.04. The van der Waals surface area contributed by atoms with Crippen molar-refractivity contribution in [2.45, 2.75) is 0 Å². The van der Waals surface area contributed by atoms with E-state index in [1.807, 2.05) is 12.1 Å². The van der Waals surface area contributed by atoms with Gasteiger partial charge in [0.25, 0.3) is 0 Å². The molecule has 3 aromatic heterocycles. The van der Waals surface area contributed by atoms with Crippen LogP contribution in [0.3, 0.4) is 0 Å². The van der Waals surface area contributed by atoms with Crippen molar-refractivity contribution in [3.63, 3.8) is 0 Å². The van der Waals surface area contributed by atoms with Crippen LogP contribution in [0.2, 0.25) is 0 Å². The van der Waals surface area contributed by atoms with Gasteiger partial charge in [-0.15, -0.1) is 0 Å². The molecule has 0 N–H and O–H groups in total. The molecule has 6 rings (SSSR count). The molecule has 3 heterocycles. The van der Waals surface area contributed by atoms with Crippen molar-refractivity contribution in [3.05, 3.63) is 85.7 Å². The van der Waals surface area contributed by atoms with Crippen LogP contribution in [0.15, 0.2) is 99.0 Å². The third-order valence-electron chi connectivity index (χ3n) is 5.10. The summed E-state index contributed by atoms with van der Waals surface area (Å²) in [6.07, 6.45) is 7.03. The fourth-order valence-corrected chi connectivity index (χ4v) is 3.73. The average molecular weight is 350 g/mol. The van der Waals surface area contributed by atoms with Gasteiger partial charge in [-0.3, -0.25) is 0 Å². The Hall–Kier alpha value is -3.72. The lowest BCUT2D eigenvalue weighted by molar-refractivity contribution is 0.572. The largest absolute Gasteiger partial charge is 0.471 e. The normalized spacial score (nSPS) is 11.7. The van der Waals surface area contributed by atoms with E-state index in [-0.39, 0.29) is 0 Å². The molecule has 27 heavy (non-hydrogen) atoms. The Morgan fingerprint density at radius 3 is 1.48 bits per heavy atom. The first-order valence-electron chi connectivity index (χ1n) is 8.81. The maximum absolute atomic E-state index is 6.43. The molecule has 3 heteroatoms. The highest BCUT2D eigenvalue weighted by atomic mass is 16.3. The fourth-order valence-electron chi connectivity index (χ4n) is 3.73. The zero-order chi connectivity index (χ0) is 17.8. The summed E-state index contributed by atoms with van der Waals surface area (Å²) in [5.41, 5.74) is 2.08. The summed E-state index contributed by atoms with van der Waals surface area (Å²) >= 11 is 0. The van der Waals surface area contributed by atoms with E-state index in [9.17, 15) is 0 Å². The summed E-state index contributed by atoms with van der Waals surface area (Å²) < 4.78 is 17.1. The van der Waals surface area contributed by atoms with Gasteiger partial charge in [-0.1, -0.05) is 48.5 Å². The van der Waals surface area contributed by atoms with Gasteiger partial charge >= 0.3 is 0 Å². The van der Waals surface area contributed by atoms with Gasteiger partial charge in [0, 0.05) is 43.4 Å². The van der Waals surface area contributed by atoms with Gasteiger partial charge in [0.15, 0.2) is 0 Å². The Balaban J connectivity index is 1.62. The van der Waals surface area contributed by atoms with Crippen molar-refractivity contribution in [1.29, 1.82) is 0 Å². The molecule has 0 amide bonds. The molecule has 0 spiro atoms. The van der Waals surface area contributed by atoms with Crippen molar-refractivity contribution in [1.82, 2.24) is 0 Å². The molecule has 3 aromatic carbocycles. The molecule has 0 aliphatic heterocycles. The third kappa shape index (κ3) is 2.15. The second kappa shape index (κ2) is 5.39. The van der Waals surface area contributed by atoms with Gasteiger partial charge < -0.3 is 13.3 Å². The maximum Gasteiger partial charge on any atom is 0.142 e. The predicted molar refractivity (Wildman–Crippen MR) is 107 cm³/mol. The lowest BCUT2D eigenvalue weighted by atomic mass is 10.0. The monoisotopic (exact) mass is 350 g/mol. The lowest BCUT2D eigenvalue weighted by Gasteiger charge is -2.00. The zero-order valence-corrected chi connectivity index (χ0v) is 14.3. The van der Waals surface area contributed by atoms with Gasteiger partial charge in [-0.2, -0.15) is 0 Å². The van der Waals surface area contributed by atoms with Crippen molar-refractivity contribution < 1.29 is 13.3 Å². The quantitative estimate of drug-likeness (QED) is 0.330. The standard InChI is InChI=1S/C24H14O3/c1-2-4-22-21(3-1)23(15-5-7-17-11-25-13-19(17)9-15)27-24(22)16-6-8-18-12-26-14-20(18)10-16/h1-14H. The second-order valence-electron chi connectivity index (χ2n) is 6.74. The highest BCUT2D eigenvalue weighted by Crippen LogP contribution is 2.40. The Labute approximate surface area is 154 Å². The van der Waals surface area contributed by atoms with Crippen molar-refractivity contribution in [3.8, 4) is 22.6 Å². The summed E-state index contributed by atoms with van der Waals surface area (Å²) in [6.45, 7) is 0. The lowest BCUT2D eigenvalue weighted by Crippen LogP contribution is -1.75. The van der Waals surface area contributed by atoms with Crippen molar-refractivity contribution >= 4 is 32.3 Å². The summed E-state index contributed by atoms with van der Waals surface area (Å²) in [5.74, 6) is 1.74. The Bertz CT molecular complexity index is 1320. The molecular formula is C24H14O3. The summed E-state index contributed by atoms with van der Waals surface area (Å²) in [5, 5.41) is 6.49. The second-order valence-corrected chi connectivity index (χ2v) is 6.74. The van der Waals surface area contributed by atoms with Gasteiger partial charge in [-0.05, 0) is 12.1 Å².